The second-order valence-corrected chi connectivity index (χ2v) is 5.46. The summed E-state index contributed by atoms with van der Waals surface area (Å²) in [4.78, 5) is 0. The van der Waals surface area contributed by atoms with Crippen molar-refractivity contribution in [3.05, 3.63) is 0 Å². The maximum atomic E-state index is 6.23. The third kappa shape index (κ3) is 4.52. The Bertz CT molecular complexity index is 179. The summed E-state index contributed by atoms with van der Waals surface area (Å²) in [6.07, 6.45) is 5.78. The molecule has 90 valence electrons. The Hall–Kier alpha value is -0.0800. The van der Waals surface area contributed by atoms with Gasteiger partial charge >= 0.3 is 0 Å². The zero-order valence-corrected chi connectivity index (χ0v) is 10.8. The zero-order valence-electron chi connectivity index (χ0n) is 10.8. The van der Waals surface area contributed by atoms with E-state index >= 15 is 0 Å². The Kier molecular flexibility index (Phi) is 5.07. The molecule has 0 aromatic heterocycles. The third-order valence-electron chi connectivity index (χ3n) is 3.30. The highest BCUT2D eigenvalue weighted by molar-refractivity contribution is 4.79. The highest BCUT2D eigenvalue weighted by atomic mass is 16.5. The van der Waals surface area contributed by atoms with Crippen LogP contribution >= 0.6 is 0 Å². The summed E-state index contributed by atoms with van der Waals surface area (Å²) in [6, 6.07) is 0. The Morgan fingerprint density at radius 3 is 2.53 bits per heavy atom. The summed E-state index contributed by atoms with van der Waals surface area (Å²) in [6.45, 7) is 10.8. The number of nitrogens with one attached hydrogen (secondary N) is 1. The number of likely N-dealkylation sites (N-methyl/N-ethyl adjacent to an activating group) is 1. The minimum absolute atomic E-state index is 0.0216. The lowest BCUT2D eigenvalue weighted by Crippen LogP contribution is -2.42. The van der Waals surface area contributed by atoms with Gasteiger partial charge in [0, 0.05) is 6.54 Å². The average Bonchev–Trinajstić information content (AvgIpc) is 2.18. The summed E-state index contributed by atoms with van der Waals surface area (Å²) >= 11 is 0. The maximum absolute atomic E-state index is 6.23. The molecule has 2 atom stereocenters. The van der Waals surface area contributed by atoms with Gasteiger partial charge in [-0.2, -0.15) is 0 Å². The lowest BCUT2D eigenvalue weighted by molar-refractivity contribution is -0.103. The molecule has 15 heavy (non-hydrogen) atoms. The molecule has 2 unspecified atom stereocenters. The van der Waals surface area contributed by atoms with Gasteiger partial charge in [-0.1, -0.05) is 26.7 Å². The van der Waals surface area contributed by atoms with Crippen molar-refractivity contribution in [2.75, 3.05) is 13.1 Å². The molecule has 2 nitrogen and oxygen atoms in total. The van der Waals surface area contributed by atoms with E-state index in [9.17, 15) is 0 Å². The van der Waals surface area contributed by atoms with Gasteiger partial charge in [0.25, 0.3) is 0 Å². The van der Waals surface area contributed by atoms with Crippen molar-refractivity contribution in [1.82, 2.24) is 5.32 Å². The van der Waals surface area contributed by atoms with E-state index in [0.717, 1.165) is 19.0 Å². The SMILES string of the molecule is CCNCC(C)(C)OC1CCCCC1C. The molecule has 0 saturated heterocycles. The Morgan fingerprint density at radius 1 is 1.27 bits per heavy atom. The largest absolute Gasteiger partial charge is 0.371 e. The molecule has 0 radical (unpaired) electrons. The van der Waals surface area contributed by atoms with Gasteiger partial charge in [-0.05, 0) is 39.2 Å². The van der Waals surface area contributed by atoms with Crippen LogP contribution in [0.5, 0.6) is 0 Å². The second kappa shape index (κ2) is 5.86. The minimum Gasteiger partial charge on any atom is -0.371 e. The summed E-state index contributed by atoms with van der Waals surface area (Å²) in [5, 5.41) is 3.37. The Labute approximate surface area is 94.8 Å². The topological polar surface area (TPSA) is 21.3 Å². The van der Waals surface area contributed by atoms with E-state index in [1.165, 1.54) is 25.7 Å². The molecule has 0 aromatic carbocycles. The van der Waals surface area contributed by atoms with E-state index in [0.29, 0.717) is 6.10 Å². The second-order valence-electron chi connectivity index (χ2n) is 5.46. The van der Waals surface area contributed by atoms with Crippen molar-refractivity contribution in [1.29, 1.82) is 0 Å². The number of ether oxygens (including phenoxy) is 1. The fraction of sp³-hybridized carbons (Fsp3) is 1.00. The van der Waals surface area contributed by atoms with Crippen LogP contribution < -0.4 is 5.32 Å². The summed E-state index contributed by atoms with van der Waals surface area (Å²) < 4.78 is 6.23. The number of hydrogen-bond acceptors (Lipinski definition) is 2. The maximum Gasteiger partial charge on any atom is 0.0754 e. The normalized spacial score (nSPS) is 28.0. The molecule has 1 N–H and O–H groups in total. The van der Waals surface area contributed by atoms with Gasteiger partial charge in [0.2, 0.25) is 0 Å². The minimum atomic E-state index is -0.0216. The van der Waals surface area contributed by atoms with Crippen molar-refractivity contribution >= 4 is 0 Å². The molecule has 0 aliphatic heterocycles. The standard InChI is InChI=1S/C13H27NO/c1-5-14-10-13(3,4)15-12-9-7-6-8-11(12)2/h11-12,14H,5-10H2,1-4H3. The summed E-state index contributed by atoms with van der Waals surface area (Å²) in [7, 11) is 0. The van der Waals surface area contributed by atoms with Crippen molar-refractivity contribution < 1.29 is 4.74 Å². The quantitative estimate of drug-likeness (QED) is 0.758. The highest BCUT2D eigenvalue weighted by Crippen LogP contribution is 2.29. The summed E-state index contributed by atoms with van der Waals surface area (Å²) in [5.41, 5.74) is -0.0216. The van der Waals surface area contributed by atoms with Gasteiger partial charge in [-0.25, -0.2) is 0 Å². The van der Waals surface area contributed by atoms with Gasteiger partial charge < -0.3 is 10.1 Å². The Morgan fingerprint density at radius 2 is 1.93 bits per heavy atom. The fourth-order valence-corrected chi connectivity index (χ4v) is 2.33. The molecule has 2 heteroatoms. The molecular weight excluding hydrogens is 186 g/mol. The third-order valence-corrected chi connectivity index (χ3v) is 3.30. The predicted molar refractivity (Wildman–Crippen MR) is 65.1 cm³/mol. The van der Waals surface area contributed by atoms with Crippen LogP contribution in [-0.4, -0.2) is 24.8 Å². The van der Waals surface area contributed by atoms with E-state index in [2.05, 4.69) is 33.0 Å². The van der Waals surface area contributed by atoms with Crippen LogP contribution in [0.4, 0.5) is 0 Å². The van der Waals surface area contributed by atoms with Crippen LogP contribution in [-0.2, 0) is 4.74 Å². The number of hydrogen-bond donors (Lipinski definition) is 1. The van der Waals surface area contributed by atoms with Gasteiger partial charge in [0.15, 0.2) is 0 Å². The average molecular weight is 213 g/mol. The van der Waals surface area contributed by atoms with E-state index in [1.54, 1.807) is 0 Å². The van der Waals surface area contributed by atoms with Crippen molar-refractivity contribution in [2.45, 2.75) is 65.1 Å². The summed E-state index contributed by atoms with van der Waals surface area (Å²) in [5.74, 6) is 0.736. The molecule has 0 amide bonds. The van der Waals surface area contributed by atoms with Crippen LogP contribution in [0, 0.1) is 5.92 Å². The van der Waals surface area contributed by atoms with Crippen LogP contribution in [0.15, 0.2) is 0 Å². The first-order chi connectivity index (χ1) is 7.05. The van der Waals surface area contributed by atoms with Crippen LogP contribution in [0.2, 0.25) is 0 Å². The lowest BCUT2D eigenvalue weighted by atomic mass is 9.87. The molecule has 0 aromatic rings. The molecule has 0 heterocycles. The molecule has 1 rings (SSSR count). The fourth-order valence-electron chi connectivity index (χ4n) is 2.33. The predicted octanol–water partition coefficient (Wildman–Crippen LogP) is 2.97. The molecule has 1 fully saturated rings. The molecule has 0 bridgehead atoms. The van der Waals surface area contributed by atoms with Crippen molar-refractivity contribution in [3.63, 3.8) is 0 Å². The number of rotatable bonds is 5. The highest BCUT2D eigenvalue weighted by Gasteiger charge is 2.28. The molecule has 0 spiro atoms. The first kappa shape index (κ1) is 13.0. The van der Waals surface area contributed by atoms with Gasteiger partial charge in [0.1, 0.15) is 0 Å². The lowest BCUT2D eigenvalue weighted by Gasteiger charge is -2.36. The Balaban J connectivity index is 2.37. The van der Waals surface area contributed by atoms with Crippen molar-refractivity contribution in [2.24, 2.45) is 5.92 Å². The van der Waals surface area contributed by atoms with Gasteiger partial charge in [-0.15, -0.1) is 0 Å². The van der Waals surface area contributed by atoms with E-state index in [1.807, 2.05) is 0 Å². The molecule has 1 aliphatic carbocycles. The van der Waals surface area contributed by atoms with Gasteiger partial charge in [0.05, 0.1) is 11.7 Å². The van der Waals surface area contributed by atoms with Crippen LogP contribution in [0.3, 0.4) is 0 Å². The van der Waals surface area contributed by atoms with E-state index in [-0.39, 0.29) is 5.60 Å². The van der Waals surface area contributed by atoms with Crippen molar-refractivity contribution in [3.8, 4) is 0 Å². The van der Waals surface area contributed by atoms with Crippen LogP contribution in [0.25, 0.3) is 0 Å². The monoisotopic (exact) mass is 213 g/mol. The van der Waals surface area contributed by atoms with E-state index < -0.39 is 0 Å². The van der Waals surface area contributed by atoms with E-state index in [4.69, 9.17) is 4.74 Å². The smallest absolute Gasteiger partial charge is 0.0754 e. The van der Waals surface area contributed by atoms with Gasteiger partial charge in [-0.3, -0.25) is 0 Å². The molecule has 1 aliphatic rings. The van der Waals surface area contributed by atoms with Crippen LogP contribution in [0.1, 0.15) is 53.4 Å². The zero-order chi connectivity index (χ0) is 11.3. The molecular formula is C13H27NO. The first-order valence-electron chi connectivity index (χ1n) is 6.43. The first-order valence-corrected chi connectivity index (χ1v) is 6.43. The molecule has 1 saturated carbocycles.